The van der Waals surface area contributed by atoms with Crippen LogP contribution in [0.15, 0.2) is 12.7 Å². The molecule has 1 rings (SSSR count). The number of carbonyl (C=O) groups excluding carboxylic acids is 3. The molecule has 0 atom stereocenters. The molecule has 1 saturated heterocycles. The lowest BCUT2D eigenvalue weighted by molar-refractivity contribution is -0.152. The Morgan fingerprint density at radius 1 is 1.44 bits per heavy atom. The van der Waals surface area contributed by atoms with Gasteiger partial charge in [-0.2, -0.15) is 0 Å². The second kappa shape index (κ2) is 8.60. The second-order valence-electron chi connectivity index (χ2n) is 2.79. The standard InChI is InChI=1S/C6H10O3.C4H4O3/c1-2-6(8)9-5-3-4-7;5-3-1-2-4(6)7-3/h2,7H,1,3-5H2;1-2H2. The number of aliphatic hydroxyl groups is 1. The molecule has 0 spiro atoms. The minimum atomic E-state index is -0.441. The molecule has 1 aliphatic heterocycles. The maximum absolute atomic E-state index is 10.3. The predicted octanol–water partition coefficient (Wildman–Crippen LogP) is -0.0520. The normalized spacial score (nSPS) is 13.6. The average Bonchev–Trinajstić information content (AvgIpc) is 2.63. The number of carbonyl (C=O) groups is 3. The molecule has 0 saturated carbocycles. The summed E-state index contributed by atoms with van der Waals surface area (Å²) in [5, 5.41) is 8.23. The van der Waals surface area contributed by atoms with Gasteiger partial charge in [-0.15, -0.1) is 0 Å². The lowest BCUT2D eigenvalue weighted by Crippen LogP contribution is -2.02. The van der Waals surface area contributed by atoms with Gasteiger partial charge in [-0.25, -0.2) is 4.79 Å². The van der Waals surface area contributed by atoms with Crippen LogP contribution in [-0.2, 0) is 23.9 Å². The van der Waals surface area contributed by atoms with Crippen LogP contribution < -0.4 is 0 Å². The maximum atomic E-state index is 10.3. The fourth-order valence-electron chi connectivity index (χ4n) is 0.729. The smallest absolute Gasteiger partial charge is 0.330 e. The molecule has 6 heteroatoms. The SMILES string of the molecule is C=CC(=O)OCCCO.O=C1CCC(=O)O1. The highest BCUT2D eigenvalue weighted by Crippen LogP contribution is 2.03. The van der Waals surface area contributed by atoms with Gasteiger partial charge in [-0.3, -0.25) is 9.59 Å². The lowest BCUT2D eigenvalue weighted by atomic mass is 10.4. The zero-order chi connectivity index (χ0) is 12.4. The van der Waals surface area contributed by atoms with Crippen LogP contribution in [0, 0.1) is 0 Å². The molecule has 6 nitrogen and oxygen atoms in total. The average molecular weight is 230 g/mol. The van der Waals surface area contributed by atoms with Gasteiger partial charge >= 0.3 is 17.9 Å². The van der Waals surface area contributed by atoms with Crippen molar-refractivity contribution in [3.63, 3.8) is 0 Å². The Balaban J connectivity index is 0.000000288. The molecule has 0 bridgehead atoms. The molecule has 0 aromatic heterocycles. The van der Waals surface area contributed by atoms with E-state index in [1.54, 1.807) is 0 Å². The van der Waals surface area contributed by atoms with Gasteiger partial charge in [-0.1, -0.05) is 6.58 Å². The largest absolute Gasteiger partial charge is 0.462 e. The van der Waals surface area contributed by atoms with E-state index in [0.29, 0.717) is 6.42 Å². The molecule has 0 unspecified atom stereocenters. The van der Waals surface area contributed by atoms with Crippen molar-refractivity contribution < 1.29 is 29.0 Å². The molecule has 16 heavy (non-hydrogen) atoms. The van der Waals surface area contributed by atoms with Crippen molar-refractivity contribution in [3.05, 3.63) is 12.7 Å². The van der Waals surface area contributed by atoms with E-state index < -0.39 is 17.9 Å². The summed E-state index contributed by atoms with van der Waals surface area (Å²) in [6.07, 6.45) is 2.11. The van der Waals surface area contributed by atoms with Gasteiger partial charge in [0.15, 0.2) is 0 Å². The van der Waals surface area contributed by atoms with E-state index in [1.807, 2.05) is 0 Å². The first-order chi connectivity index (χ1) is 7.60. The summed E-state index contributed by atoms with van der Waals surface area (Å²) in [7, 11) is 0. The summed E-state index contributed by atoms with van der Waals surface area (Å²) in [4.78, 5) is 30.3. The fraction of sp³-hybridized carbons (Fsp3) is 0.500. The summed E-state index contributed by atoms with van der Waals surface area (Å²) >= 11 is 0. The third-order valence-corrected chi connectivity index (χ3v) is 1.47. The molecule has 0 radical (unpaired) electrons. The van der Waals surface area contributed by atoms with Gasteiger partial charge in [0.05, 0.1) is 19.4 Å². The first-order valence-electron chi connectivity index (χ1n) is 4.73. The zero-order valence-electron chi connectivity index (χ0n) is 8.81. The maximum Gasteiger partial charge on any atom is 0.330 e. The molecular weight excluding hydrogens is 216 g/mol. The van der Waals surface area contributed by atoms with Crippen LogP contribution in [-0.4, -0.2) is 36.2 Å². The first-order valence-corrected chi connectivity index (χ1v) is 4.73. The highest BCUT2D eigenvalue weighted by Gasteiger charge is 2.19. The van der Waals surface area contributed by atoms with Crippen LogP contribution in [0.2, 0.25) is 0 Å². The minimum Gasteiger partial charge on any atom is -0.462 e. The quantitative estimate of drug-likeness (QED) is 0.315. The molecule has 0 aromatic carbocycles. The van der Waals surface area contributed by atoms with Gasteiger partial charge in [0.1, 0.15) is 0 Å². The van der Waals surface area contributed by atoms with E-state index in [4.69, 9.17) is 5.11 Å². The van der Waals surface area contributed by atoms with E-state index in [-0.39, 0.29) is 26.1 Å². The van der Waals surface area contributed by atoms with Crippen molar-refractivity contribution in [2.75, 3.05) is 13.2 Å². The Morgan fingerprint density at radius 3 is 2.31 bits per heavy atom. The van der Waals surface area contributed by atoms with Crippen LogP contribution in [0.25, 0.3) is 0 Å². The van der Waals surface area contributed by atoms with E-state index in [2.05, 4.69) is 16.1 Å². The Bertz CT molecular complexity index is 256. The minimum absolute atomic E-state index is 0.0461. The van der Waals surface area contributed by atoms with E-state index in [9.17, 15) is 14.4 Å². The summed E-state index contributed by atoms with van der Waals surface area (Å²) in [5.41, 5.74) is 0. The molecular formula is C10H14O6. The van der Waals surface area contributed by atoms with E-state index in [0.717, 1.165) is 6.08 Å². The van der Waals surface area contributed by atoms with Crippen molar-refractivity contribution >= 4 is 17.9 Å². The fourth-order valence-corrected chi connectivity index (χ4v) is 0.729. The van der Waals surface area contributed by atoms with Crippen LogP contribution in [0.5, 0.6) is 0 Å². The highest BCUT2D eigenvalue weighted by molar-refractivity contribution is 5.92. The van der Waals surface area contributed by atoms with Crippen molar-refractivity contribution in [2.45, 2.75) is 19.3 Å². The molecule has 1 N–H and O–H groups in total. The highest BCUT2D eigenvalue weighted by atomic mass is 16.6. The Hall–Kier alpha value is -1.69. The number of cyclic esters (lactones) is 2. The number of esters is 3. The number of hydrogen-bond donors (Lipinski definition) is 1. The topological polar surface area (TPSA) is 89.9 Å². The molecule has 0 aliphatic carbocycles. The monoisotopic (exact) mass is 230 g/mol. The third kappa shape index (κ3) is 7.69. The van der Waals surface area contributed by atoms with Crippen LogP contribution in [0.4, 0.5) is 0 Å². The molecule has 90 valence electrons. The van der Waals surface area contributed by atoms with Crippen molar-refractivity contribution in [1.82, 2.24) is 0 Å². The molecule has 0 aromatic rings. The van der Waals surface area contributed by atoms with Crippen LogP contribution in [0.1, 0.15) is 19.3 Å². The van der Waals surface area contributed by atoms with Crippen molar-refractivity contribution in [2.24, 2.45) is 0 Å². The lowest BCUT2D eigenvalue weighted by Gasteiger charge is -1.96. The van der Waals surface area contributed by atoms with Crippen LogP contribution in [0.3, 0.4) is 0 Å². The Kier molecular flexibility index (Phi) is 7.70. The van der Waals surface area contributed by atoms with Gasteiger partial charge in [0, 0.05) is 19.1 Å². The number of rotatable bonds is 4. The van der Waals surface area contributed by atoms with E-state index >= 15 is 0 Å². The molecule has 1 fully saturated rings. The third-order valence-electron chi connectivity index (χ3n) is 1.47. The summed E-state index contributed by atoms with van der Waals surface area (Å²) in [6, 6.07) is 0. The number of ether oxygens (including phenoxy) is 2. The molecule has 1 aliphatic rings. The second-order valence-corrected chi connectivity index (χ2v) is 2.79. The van der Waals surface area contributed by atoms with Gasteiger partial charge < -0.3 is 14.6 Å². The Labute approximate surface area is 92.8 Å². The summed E-state index contributed by atoms with van der Waals surface area (Å²) < 4.78 is 8.60. The van der Waals surface area contributed by atoms with Gasteiger partial charge in [-0.05, 0) is 0 Å². The molecule has 0 amide bonds. The predicted molar refractivity (Wildman–Crippen MR) is 53.2 cm³/mol. The van der Waals surface area contributed by atoms with Crippen LogP contribution >= 0.6 is 0 Å². The zero-order valence-corrected chi connectivity index (χ0v) is 8.81. The molecule has 1 heterocycles. The number of aliphatic hydroxyl groups excluding tert-OH is 1. The van der Waals surface area contributed by atoms with Gasteiger partial charge in [0.25, 0.3) is 0 Å². The van der Waals surface area contributed by atoms with Crippen molar-refractivity contribution in [1.29, 1.82) is 0 Å². The Morgan fingerprint density at radius 2 is 2.00 bits per heavy atom. The van der Waals surface area contributed by atoms with E-state index in [1.165, 1.54) is 0 Å². The van der Waals surface area contributed by atoms with Crippen molar-refractivity contribution in [3.8, 4) is 0 Å². The summed E-state index contributed by atoms with van der Waals surface area (Å²) in [5.74, 6) is -1.24. The van der Waals surface area contributed by atoms with Gasteiger partial charge in [0.2, 0.25) is 0 Å². The summed E-state index contributed by atoms with van der Waals surface area (Å²) in [6.45, 7) is 3.51. The first kappa shape index (κ1) is 14.3. The number of hydrogen-bond acceptors (Lipinski definition) is 6.